The van der Waals surface area contributed by atoms with Gasteiger partial charge in [0.25, 0.3) is 0 Å². The first-order valence-corrected chi connectivity index (χ1v) is 8.72. The van der Waals surface area contributed by atoms with Crippen molar-refractivity contribution in [2.75, 3.05) is 19.1 Å². The third-order valence-corrected chi connectivity index (χ3v) is 4.18. The predicted molar refractivity (Wildman–Crippen MR) is 89.2 cm³/mol. The van der Waals surface area contributed by atoms with Gasteiger partial charge in [0.15, 0.2) is 0 Å². The molecule has 0 saturated carbocycles. The molecular formula is C16H30N2OS. The van der Waals surface area contributed by atoms with Gasteiger partial charge in [-0.15, -0.1) is 0 Å². The molecule has 3 nitrogen and oxygen atoms in total. The molecule has 20 heavy (non-hydrogen) atoms. The maximum atomic E-state index is 5.67. The van der Waals surface area contributed by atoms with Crippen LogP contribution in [-0.4, -0.2) is 35.5 Å². The Morgan fingerprint density at radius 2 is 2.10 bits per heavy atom. The molecule has 0 radical (unpaired) electrons. The minimum atomic E-state index is 0.131. The van der Waals surface area contributed by atoms with Crippen molar-refractivity contribution in [3.63, 3.8) is 0 Å². The number of furan rings is 1. The van der Waals surface area contributed by atoms with Crippen LogP contribution in [-0.2, 0) is 13.1 Å². The van der Waals surface area contributed by atoms with Crippen molar-refractivity contribution in [2.45, 2.75) is 58.8 Å². The second kappa shape index (κ2) is 8.11. The highest BCUT2D eigenvalue weighted by Crippen LogP contribution is 2.16. The fourth-order valence-corrected chi connectivity index (χ4v) is 2.49. The van der Waals surface area contributed by atoms with Gasteiger partial charge in [0.1, 0.15) is 5.76 Å². The topological polar surface area (TPSA) is 28.4 Å². The van der Waals surface area contributed by atoms with Gasteiger partial charge in [0.2, 0.25) is 0 Å². The van der Waals surface area contributed by atoms with E-state index in [4.69, 9.17) is 4.42 Å². The molecule has 1 aromatic rings. The normalized spacial score (nSPS) is 13.9. The van der Waals surface area contributed by atoms with E-state index < -0.39 is 0 Å². The minimum Gasteiger partial charge on any atom is -0.468 e. The second-order valence-corrected chi connectivity index (χ2v) is 7.50. The average molecular weight is 298 g/mol. The van der Waals surface area contributed by atoms with Gasteiger partial charge in [-0.05, 0) is 59.2 Å². The van der Waals surface area contributed by atoms with Crippen molar-refractivity contribution in [2.24, 2.45) is 0 Å². The summed E-state index contributed by atoms with van der Waals surface area (Å²) in [6, 6.07) is 2.66. The van der Waals surface area contributed by atoms with E-state index in [1.807, 2.05) is 11.8 Å². The van der Waals surface area contributed by atoms with Gasteiger partial charge in [-0.3, -0.25) is 4.90 Å². The fourth-order valence-electron chi connectivity index (χ4n) is 1.91. The number of hydrogen-bond donors (Lipinski definition) is 1. The second-order valence-electron chi connectivity index (χ2n) is 6.52. The first kappa shape index (κ1) is 17.6. The van der Waals surface area contributed by atoms with E-state index >= 15 is 0 Å². The van der Waals surface area contributed by atoms with Crippen molar-refractivity contribution in [3.8, 4) is 0 Å². The van der Waals surface area contributed by atoms with Crippen molar-refractivity contribution in [1.82, 2.24) is 10.2 Å². The van der Waals surface area contributed by atoms with Crippen molar-refractivity contribution >= 4 is 11.8 Å². The quantitative estimate of drug-likeness (QED) is 0.791. The summed E-state index contributed by atoms with van der Waals surface area (Å²) < 4.78 is 5.67. The smallest absolute Gasteiger partial charge is 0.122 e. The SMILES string of the molecule is CSCCC(C)N(C)Cc1occc1CNC(C)(C)C. The van der Waals surface area contributed by atoms with Crippen LogP contribution in [0.1, 0.15) is 45.4 Å². The van der Waals surface area contributed by atoms with Gasteiger partial charge < -0.3 is 9.73 Å². The summed E-state index contributed by atoms with van der Waals surface area (Å²) in [5.74, 6) is 2.29. The number of hydrogen-bond acceptors (Lipinski definition) is 4. The Morgan fingerprint density at radius 1 is 1.40 bits per heavy atom. The molecule has 0 fully saturated rings. The molecular weight excluding hydrogens is 268 g/mol. The molecule has 0 aliphatic heterocycles. The standard InChI is InChI=1S/C16H30N2OS/c1-13(8-10-20-6)18(5)12-15-14(7-9-19-15)11-17-16(2,3)4/h7,9,13,17H,8,10-12H2,1-6H3. The zero-order chi connectivity index (χ0) is 15.2. The summed E-state index contributed by atoms with van der Waals surface area (Å²) in [6.07, 6.45) is 5.18. The molecule has 1 aromatic heterocycles. The molecule has 1 N–H and O–H groups in total. The molecule has 1 atom stereocenters. The lowest BCUT2D eigenvalue weighted by molar-refractivity contribution is 0.224. The van der Waals surface area contributed by atoms with Crippen LogP contribution in [0.2, 0.25) is 0 Å². The third kappa shape index (κ3) is 6.33. The van der Waals surface area contributed by atoms with Crippen LogP contribution >= 0.6 is 11.8 Å². The van der Waals surface area contributed by atoms with Gasteiger partial charge in [0, 0.05) is 23.7 Å². The van der Waals surface area contributed by atoms with Crippen LogP contribution in [0.15, 0.2) is 16.7 Å². The average Bonchev–Trinajstić information content (AvgIpc) is 2.79. The Kier molecular flexibility index (Phi) is 7.13. The number of nitrogens with one attached hydrogen (secondary N) is 1. The lowest BCUT2D eigenvalue weighted by Crippen LogP contribution is -2.35. The molecule has 0 saturated heterocycles. The van der Waals surface area contributed by atoms with E-state index in [1.54, 1.807) is 6.26 Å². The van der Waals surface area contributed by atoms with Crippen LogP contribution in [0.3, 0.4) is 0 Å². The number of thioether (sulfide) groups is 1. The first-order chi connectivity index (χ1) is 9.33. The predicted octanol–water partition coefficient (Wildman–Crippen LogP) is 3.74. The summed E-state index contributed by atoms with van der Waals surface area (Å²) in [5, 5.41) is 3.52. The molecule has 0 aromatic carbocycles. The Hall–Kier alpha value is -0.450. The molecule has 0 aliphatic rings. The molecule has 4 heteroatoms. The highest BCUT2D eigenvalue weighted by Gasteiger charge is 2.15. The minimum absolute atomic E-state index is 0.131. The van der Waals surface area contributed by atoms with Crippen LogP contribution in [0, 0.1) is 0 Å². The summed E-state index contributed by atoms with van der Waals surface area (Å²) in [6.45, 7) is 10.6. The van der Waals surface area contributed by atoms with Gasteiger partial charge in [-0.25, -0.2) is 0 Å². The molecule has 1 unspecified atom stereocenters. The molecule has 0 aliphatic carbocycles. The van der Waals surface area contributed by atoms with Crippen LogP contribution in [0.4, 0.5) is 0 Å². The van der Waals surface area contributed by atoms with E-state index in [0.29, 0.717) is 6.04 Å². The summed E-state index contributed by atoms with van der Waals surface area (Å²) in [7, 11) is 2.18. The molecule has 0 spiro atoms. The van der Waals surface area contributed by atoms with Crippen molar-refractivity contribution < 1.29 is 4.42 Å². The lowest BCUT2D eigenvalue weighted by Gasteiger charge is -2.24. The largest absolute Gasteiger partial charge is 0.468 e. The summed E-state index contributed by atoms with van der Waals surface area (Å²) in [4.78, 5) is 2.37. The van der Waals surface area contributed by atoms with Gasteiger partial charge in [-0.2, -0.15) is 11.8 Å². The highest BCUT2D eigenvalue weighted by atomic mass is 32.2. The van der Waals surface area contributed by atoms with Crippen molar-refractivity contribution in [1.29, 1.82) is 0 Å². The third-order valence-electron chi connectivity index (χ3n) is 3.53. The molecule has 1 heterocycles. The fraction of sp³-hybridized carbons (Fsp3) is 0.750. The number of nitrogens with zero attached hydrogens (tertiary/aromatic N) is 1. The zero-order valence-corrected chi connectivity index (χ0v) is 14.6. The van der Waals surface area contributed by atoms with Crippen LogP contribution < -0.4 is 5.32 Å². The maximum Gasteiger partial charge on any atom is 0.122 e. The van der Waals surface area contributed by atoms with E-state index in [0.717, 1.165) is 18.8 Å². The summed E-state index contributed by atoms with van der Waals surface area (Å²) in [5.41, 5.74) is 1.40. The molecule has 1 rings (SSSR count). The van der Waals surface area contributed by atoms with Gasteiger partial charge in [-0.1, -0.05) is 0 Å². The Balaban J connectivity index is 2.53. The monoisotopic (exact) mass is 298 g/mol. The maximum absolute atomic E-state index is 5.67. The summed E-state index contributed by atoms with van der Waals surface area (Å²) >= 11 is 1.91. The molecule has 0 amide bonds. The van der Waals surface area contributed by atoms with E-state index in [9.17, 15) is 0 Å². The Bertz CT molecular complexity index is 384. The lowest BCUT2D eigenvalue weighted by atomic mass is 10.1. The van der Waals surface area contributed by atoms with Crippen LogP contribution in [0.25, 0.3) is 0 Å². The molecule has 0 bridgehead atoms. The Morgan fingerprint density at radius 3 is 2.70 bits per heavy atom. The van der Waals surface area contributed by atoms with E-state index in [1.165, 1.54) is 17.7 Å². The van der Waals surface area contributed by atoms with E-state index in [2.05, 4.69) is 57.3 Å². The van der Waals surface area contributed by atoms with Crippen LogP contribution in [0.5, 0.6) is 0 Å². The number of rotatable bonds is 8. The highest BCUT2D eigenvalue weighted by molar-refractivity contribution is 7.98. The Labute approximate surface area is 128 Å². The van der Waals surface area contributed by atoms with Gasteiger partial charge >= 0.3 is 0 Å². The zero-order valence-electron chi connectivity index (χ0n) is 13.8. The first-order valence-electron chi connectivity index (χ1n) is 7.33. The van der Waals surface area contributed by atoms with Crippen molar-refractivity contribution in [3.05, 3.63) is 23.7 Å². The molecule has 116 valence electrons. The van der Waals surface area contributed by atoms with E-state index in [-0.39, 0.29) is 5.54 Å². The van der Waals surface area contributed by atoms with Gasteiger partial charge in [0.05, 0.1) is 12.8 Å².